The van der Waals surface area contributed by atoms with Crippen molar-refractivity contribution in [2.24, 2.45) is 0 Å². The molecule has 2 fully saturated rings. The van der Waals surface area contributed by atoms with Crippen LogP contribution in [0.1, 0.15) is 44.2 Å². The average molecular weight is 280 g/mol. The summed E-state index contributed by atoms with van der Waals surface area (Å²) in [6.07, 6.45) is 4.71. The van der Waals surface area contributed by atoms with Crippen LogP contribution in [0.3, 0.4) is 0 Å². The van der Waals surface area contributed by atoms with Crippen molar-refractivity contribution in [3.8, 4) is 0 Å². The van der Waals surface area contributed by atoms with Crippen molar-refractivity contribution in [3.63, 3.8) is 0 Å². The van der Waals surface area contributed by atoms with Gasteiger partial charge in [0.2, 0.25) is 0 Å². The number of rotatable bonds is 3. The maximum Gasteiger partial charge on any atom is 0.128 e. The highest BCUT2D eigenvalue weighted by molar-refractivity contribution is 5.22. The van der Waals surface area contributed by atoms with Crippen LogP contribution < -0.4 is 5.32 Å². The van der Waals surface area contributed by atoms with Crippen molar-refractivity contribution in [2.45, 2.75) is 50.7 Å². The van der Waals surface area contributed by atoms with Crippen molar-refractivity contribution in [1.29, 1.82) is 0 Å². The molecule has 3 atom stereocenters. The average Bonchev–Trinajstić information content (AvgIpc) is 3.10. The summed E-state index contributed by atoms with van der Waals surface area (Å²) in [4.78, 5) is 2.35. The van der Waals surface area contributed by atoms with Crippen LogP contribution in [-0.4, -0.2) is 30.1 Å². The van der Waals surface area contributed by atoms with Crippen LogP contribution in [0.4, 0.5) is 8.78 Å². The molecule has 0 spiro atoms. The van der Waals surface area contributed by atoms with E-state index in [1.807, 2.05) is 6.92 Å². The number of halogens is 2. The summed E-state index contributed by atoms with van der Waals surface area (Å²) in [6.45, 7) is 4.04. The molecule has 0 saturated carbocycles. The summed E-state index contributed by atoms with van der Waals surface area (Å²) in [5, 5.41) is 3.55. The SMILES string of the molecule is CC(c1cc(F)ccc1F)N1CCCC1C1CCCN1. The molecule has 2 heterocycles. The van der Waals surface area contributed by atoms with Crippen LogP contribution in [0, 0.1) is 11.6 Å². The highest BCUT2D eigenvalue weighted by Crippen LogP contribution is 2.33. The zero-order valence-corrected chi connectivity index (χ0v) is 11.9. The van der Waals surface area contributed by atoms with Crippen LogP contribution in [0.25, 0.3) is 0 Å². The third-order valence-electron chi connectivity index (χ3n) is 4.81. The second-order valence-corrected chi connectivity index (χ2v) is 5.99. The van der Waals surface area contributed by atoms with Gasteiger partial charge in [-0.3, -0.25) is 4.90 Å². The number of likely N-dealkylation sites (tertiary alicyclic amines) is 1. The Hall–Kier alpha value is -1.00. The molecular formula is C16H22F2N2. The molecule has 20 heavy (non-hydrogen) atoms. The van der Waals surface area contributed by atoms with Gasteiger partial charge >= 0.3 is 0 Å². The molecule has 0 aromatic heterocycles. The largest absolute Gasteiger partial charge is 0.312 e. The molecule has 0 aliphatic carbocycles. The molecule has 4 heteroatoms. The van der Waals surface area contributed by atoms with E-state index in [1.165, 1.54) is 31.0 Å². The first-order valence-corrected chi connectivity index (χ1v) is 7.61. The van der Waals surface area contributed by atoms with Crippen LogP contribution in [0.5, 0.6) is 0 Å². The number of benzene rings is 1. The Morgan fingerprint density at radius 1 is 1.25 bits per heavy atom. The van der Waals surface area contributed by atoms with Gasteiger partial charge in [0, 0.05) is 23.7 Å². The zero-order chi connectivity index (χ0) is 14.1. The number of nitrogens with zero attached hydrogens (tertiary/aromatic N) is 1. The molecule has 1 N–H and O–H groups in total. The molecule has 0 radical (unpaired) electrons. The molecule has 2 saturated heterocycles. The van der Waals surface area contributed by atoms with Gasteiger partial charge in [-0.05, 0) is 63.9 Å². The van der Waals surface area contributed by atoms with Crippen LogP contribution in [0.2, 0.25) is 0 Å². The molecule has 110 valence electrons. The second kappa shape index (κ2) is 5.78. The van der Waals surface area contributed by atoms with Gasteiger partial charge in [-0.1, -0.05) is 0 Å². The number of nitrogens with one attached hydrogen (secondary N) is 1. The smallest absolute Gasteiger partial charge is 0.128 e. The minimum absolute atomic E-state index is 0.0689. The summed E-state index contributed by atoms with van der Waals surface area (Å²) in [5.74, 6) is -0.660. The Kier molecular flexibility index (Phi) is 4.03. The Morgan fingerprint density at radius 3 is 2.85 bits per heavy atom. The molecule has 2 aliphatic heterocycles. The van der Waals surface area contributed by atoms with Gasteiger partial charge < -0.3 is 5.32 Å². The molecule has 3 rings (SSSR count). The van der Waals surface area contributed by atoms with E-state index in [0.717, 1.165) is 25.9 Å². The van der Waals surface area contributed by atoms with Crippen molar-refractivity contribution in [1.82, 2.24) is 10.2 Å². The molecule has 2 aliphatic rings. The predicted octanol–water partition coefficient (Wildman–Crippen LogP) is 3.24. The summed E-state index contributed by atoms with van der Waals surface area (Å²) >= 11 is 0. The Bertz CT molecular complexity index is 472. The van der Waals surface area contributed by atoms with Gasteiger partial charge in [-0.15, -0.1) is 0 Å². The maximum atomic E-state index is 14.0. The van der Waals surface area contributed by atoms with Crippen LogP contribution in [0.15, 0.2) is 18.2 Å². The fourth-order valence-electron chi connectivity index (χ4n) is 3.78. The van der Waals surface area contributed by atoms with Crippen LogP contribution >= 0.6 is 0 Å². The van der Waals surface area contributed by atoms with Crippen molar-refractivity contribution in [3.05, 3.63) is 35.4 Å². The predicted molar refractivity (Wildman–Crippen MR) is 75.5 cm³/mol. The van der Waals surface area contributed by atoms with Gasteiger partial charge in [-0.25, -0.2) is 8.78 Å². The standard InChI is InChI=1S/C16H22F2N2/c1-11(13-10-12(17)6-7-14(13)18)20-9-3-5-16(20)15-4-2-8-19-15/h6-7,10-11,15-16,19H,2-5,8-9H2,1H3. The van der Waals surface area contributed by atoms with E-state index in [1.54, 1.807) is 0 Å². The highest BCUT2D eigenvalue weighted by atomic mass is 19.1. The van der Waals surface area contributed by atoms with Gasteiger partial charge in [0.25, 0.3) is 0 Å². The monoisotopic (exact) mass is 280 g/mol. The van der Waals surface area contributed by atoms with E-state index >= 15 is 0 Å². The lowest BCUT2D eigenvalue weighted by Gasteiger charge is -2.34. The second-order valence-electron chi connectivity index (χ2n) is 5.99. The molecule has 1 aromatic carbocycles. The molecule has 0 amide bonds. The van der Waals surface area contributed by atoms with Gasteiger partial charge in [0.15, 0.2) is 0 Å². The molecule has 3 unspecified atom stereocenters. The van der Waals surface area contributed by atoms with Gasteiger partial charge in [-0.2, -0.15) is 0 Å². The topological polar surface area (TPSA) is 15.3 Å². The van der Waals surface area contributed by atoms with Crippen molar-refractivity contribution in [2.75, 3.05) is 13.1 Å². The summed E-state index contributed by atoms with van der Waals surface area (Å²) in [7, 11) is 0. The fraction of sp³-hybridized carbons (Fsp3) is 0.625. The van der Waals surface area contributed by atoms with Gasteiger partial charge in [0.05, 0.1) is 0 Å². The lowest BCUT2D eigenvalue weighted by Crippen LogP contribution is -2.45. The van der Waals surface area contributed by atoms with E-state index in [4.69, 9.17) is 0 Å². The summed E-state index contributed by atoms with van der Waals surface area (Å²) < 4.78 is 27.4. The third kappa shape index (κ3) is 2.59. The number of hydrogen-bond acceptors (Lipinski definition) is 2. The van der Waals surface area contributed by atoms with E-state index in [9.17, 15) is 8.78 Å². The van der Waals surface area contributed by atoms with E-state index in [0.29, 0.717) is 17.6 Å². The first kappa shape index (κ1) is 14.0. The van der Waals surface area contributed by atoms with Crippen molar-refractivity contribution < 1.29 is 8.78 Å². The molecule has 1 aromatic rings. The highest BCUT2D eigenvalue weighted by Gasteiger charge is 2.36. The fourth-order valence-corrected chi connectivity index (χ4v) is 3.78. The van der Waals surface area contributed by atoms with Crippen LogP contribution in [-0.2, 0) is 0 Å². The van der Waals surface area contributed by atoms with E-state index < -0.39 is 0 Å². The minimum Gasteiger partial charge on any atom is -0.312 e. The Balaban J connectivity index is 1.81. The van der Waals surface area contributed by atoms with E-state index in [-0.39, 0.29) is 17.7 Å². The zero-order valence-electron chi connectivity index (χ0n) is 11.9. The summed E-state index contributed by atoms with van der Waals surface area (Å²) in [5.41, 5.74) is 0.481. The van der Waals surface area contributed by atoms with E-state index in [2.05, 4.69) is 10.2 Å². The Labute approximate surface area is 119 Å². The molecule has 0 bridgehead atoms. The normalized spacial score (nSPS) is 28.9. The first-order valence-electron chi connectivity index (χ1n) is 7.61. The maximum absolute atomic E-state index is 14.0. The molecule has 2 nitrogen and oxygen atoms in total. The molecular weight excluding hydrogens is 258 g/mol. The third-order valence-corrected chi connectivity index (χ3v) is 4.81. The number of hydrogen-bond donors (Lipinski definition) is 1. The Morgan fingerprint density at radius 2 is 2.10 bits per heavy atom. The lowest BCUT2D eigenvalue weighted by atomic mass is 10.00. The lowest BCUT2D eigenvalue weighted by molar-refractivity contribution is 0.160. The first-order chi connectivity index (χ1) is 9.66. The quantitative estimate of drug-likeness (QED) is 0.914. The van der Waals surface area contributed by atoms with Gasteiger partial charge in [0.1, 0.15) is 11.6 Å². The summed E-state index contributed by atoms with van der Waals surface area (Å²) in [6, 6.07) is 4.66. The van der Waals surface area contributed by atoms with Crippen molar-refractivity contribution >= 4 is 0 Å². The minimum atomic E-state index is -0.358.